The van der Waals surface area contributed by atoms with Crippen LogP contribution in [0.1, 0.15) is 13.8 Å². The quantitative estimate of drug-likeness (QED) is 0.650. The molecule has 0 radical (unpaired) electrons. The molecule has 0 unspecified atom stereocenters. The summed E-state index contributed by atoms with van der Waals surface area (Å²) in [5.74, 6) is -1.69. The van der Waals surface area contributed by atoms with E-state index < -0.39 is 17.6 Å². The molecular weight excluding hydrogens is 228 g/mol. The number of ether oxygens (including phenoxy) is 1. The molecule has 5 heteroatoms. The summed E-state index contributed by atoms with van der Waals surface area (Å²) >= 11 is 0. The van der Waals surface area contributed by atoms with Gasteiger partial charge in [0.1, 0.15) is 11.6 Å². The molecule has 0 aliphatic heterocycles. The van der Waals surface area contributed by atoms with Gasteiger partial charge in [0.25, 0.3) is 0 Å². The van der Waals surface area contributed by atoms with Crippen molar-refractivity contribution in [1.82, 2.24) is 0 Å². The van der Waals surface area contributed by atoms with Gasteiger partial charge in [-0.25, -0.2) is 13.6 Å². The van der Waals surface area contributed by atoms with Gasteiger partial charge in [-0.3, -0.25) is 0 Å². The Balaban J connectivity index is 2.77. The van der Waals surface area contributed by atoms with Crippen molar-refractivity contribution in [3.05, 3.63) is 41.6 Å². The van der Waals surface area contributed by atoms with Crippen LogP contribution in [0.25, 0.3) is 0 Å². The lowest BCUT2D eigenvalue weighted by Gasteiger charge is -2.07. The van der Waals surface area contributed by atoms with E-state index in [0.29, 0.717) is 5.70 Å². The molecule has 0 amide bonds. The maximum Gasteiger partial charge on any atom is 0.332 e. The topological polar surface area (TPSA) is 38.3 Å². The minimum Gasteiger partial charge on any atom is -0.463 e. The van der Waals surface area contributed by atoms with Gasteiger partial charge in [0.2, 0.25) is 0 Å². The monoisotopic (exact) mass is 241 g/mol. The molecule has 0 spiro atoms. The van der Waals surface area contributed by atoms with Gasteiger partial charge in [0.05, 0.1) is 12.3 Å². The Morgan fingerprint density at radius 3 is 2.82 bits per heavy atom. The van der Waals surface area contributed by atoms with Gasteiger partial charge in [-0.15, -0.1) is 0 Å². The maximum absolute atomic E-state index is 13.2. The van der Waals surface area contributed by atoms with Crippen molar-refractivity contribution in [2.24, 2.45) is 0 Å². The molecule has 1 N–H and O–H groups in total. The molecule has 3 nitrogen and oxygen atoms in total. The van der Waals surface area contributed by atoms with E-state index in [0.717, 1.165) is 18.2 Å². The lowest BCUT2D eigenvalue weighted by atomic mass is 10.3. The van der Waals surface area contributed by atoms with Crippen LogP contribution < -0.4 is 5.32 Å². The van der Waals surface area contributed by atoms with Gasteiger partial charge in [-0.1, -0.05) is 0 Å². The highest BCUT2D eigenvalue weighted by Crippen LogP contribution is 2.17. The minimum atomic E-state index is -0.594. The highest BCUT2D eigenvalue weighted by molar-refractivity contribution is 5.83. The molecule has 1 rings (SSSR count). The van der Waals surface area contributed by atoms with Crippen LogP contribution in [0.4, 0.5) is 14.5 Å². The summed E-state index contributed by atoms with van der Waals surface area (Å²) in [5, 5.41) is 2.59. The average Bonchev–Trinajstić information content (AvgIpc) is 2.23. The summed E-state index contributed by atoms with van der Waals surface area (Å²) in [7, 11) is 0. The molecule has 0 saturated carbocycles. The maximum atomic E-state index is 13.2. The van der Waals surface area contributed by atoms with Crippen molar-refractivity contribution >= 4 is 11.7 Å². The van der Waals surface area contributed by atoms with Crippen molar-refractivity contribution < 1.29 is 18.3 Å². The zero-order valence-corrected chi connectivity index (χ0v) is 9.59. The highest BCUT2D eigenvalue weighted by Gasteiger charge is 2.05. The zero-order chi connectivity index (χ0) is 12.8. The molecule has 0 aliphatic rings. The van der Waals surface area contributed by atoms with Gasteiger partial charge < -0.3 is 10.1 Å². The molecule has 0 bridgehead atoms. The summed E-state index contributed by atoms with van der Waals surface area (Å²) < 4.78 is 30.8. The Hall–Kier alpha value is -1.91. The largest absolute Gasteiger partial charge is 0.463 e. The Labute approximate surface area is 98.1 Å². The Morgan fingerprint density at radius 2 is 2.18 bits per heavy atom. The van der Waals surface area contributed by atoms with Gasteiger partial charge in [0.15, 0.2) is 0 Å². The number of hydrogen-bond acceptors (Lipinski definition) is 3. The van der Waals surface area contributed by atoms with E-state index in [1.807, 2.05) is 0 Å². The molecule has 0 saturated heterocycles. The van der Waals surface area contributed by atoms with Gasteiger partial charge >= 0.3 is 5.97 Å². The van der Waals surface area contributed by atoms with Crippen molar-refractivity contribution in [3.8, 4) is 0 Å². The third-order valence-electron chi connectivity index (χ3n) is 1.88. The van der Waals surface area contributed by atoms with Gasteiger partial charge in [-0.05, 0) is 26.0 Å². The number of esters is 1. The Kier molecular flexibility index (Phi) is 4.63. The molecule has 0 aromatic heterocycles. The third kappa shape index (κ3) is 4.22. The predicted molar refractivity (Wildman–Crippen MR) is 60.4 cm³/mol. The second-order valence-corrected chi connectivity index (χ2v) is 3.33. The molecule has 1 aromatic carbocycles. The zero-order valence-electron chi connectivity index (χ0n) is 9.59. The first kappa shape index (κ1) is 13.2. The SMILES string of the molecule is CCOC(=O)/C=C(\C)Nc1cc(F)ccc1F. The fourth-order valence-corrected chi connectivity index (χ4v) is 1.20. The van der Waals surface area contributed by atoms with Crippen LogP contribution in [0.3, 0.4) is 0 Å². The van der Waals surface area contributed by atoms with E-state index in [1.54, 1.807) is 13.8 Å². The number of halogens is 2. The summed E-state index contributed by atoms with van der Waals surface area (Å²) in [4.78, 5) is 11.1. The number of allylic oxidation sites excluding steroid dienone is 1. The molecule has 92 valence electrons. The van der Waals surface area contributed by atoms with Crippen molar-refractivity contribution in [2.45, 2.75) is 13.8 Å². The van der Waals surface area contributed by atoms with E-state index in [2.05, 4.69) is 10.1 Å². The standard InChI is InChI=1S/C12H13F2NO2/c1-3-17-12(16)6-8(2)15-11-7-9(13)4-5-10(11)14/h4-7,15H,3H2,1-2H3/b8-6+. The smallest absolute Gasteiger partial charge is 0.332 e. The number of anilines is 1. The third-order valence-corrected chi connectivity index (χ3v) is 1.88. The number of carbonyl (C=O) groups excluding carboxylic acids is 1. The van der Waals surface area contributed by atoms with Crippen LogP contribution in [-0.4, -0.2) is 12.6 Å². The molecule has 0 atom stereocenters. The van der Waals surface area contributed by atoms with Gasteiger partial charge in [-0.2, -0.15) is 0 Å². The van der Waals surface area contributed by atoms with E-state index in [1.165, 1.54) is 6.08 Å². The van der Waals surface area contributed by atoms with Crippen LogP contribution in [-0.2, 0) is 9.53 Å². The number of nitrogens with one attached hydrogen (secondary N) is 1. The molecule has 0 heterocycles. The second-order valence-electron chi connectivity index (χ2n) is 3.33. The minimum absolute atomic E-state index is 0.0250. The van der Waals surface area contributed by atoms with Crippen molar-refractivity contribution in [2.75, 3.05) is 11.9 Å². The first-order valence-corrected chi connectivity index (χ1v) is 5.10. The molecule has 0 fully saturated rings. The van der Waals surface area contributed by atoms with Crippen LogP contribution >= 0.6 is 0 Å². The van der Waals surface area contributed by atoms with E-state index in [9.17, 15) is 13.6 Å². The first-order chi connectivity index (χ1) is 8.02. The average molecular weight is 241 g/mol. The Bertz CT molecular complexity index is 444. The molecule has 17 heavy (non-hydrogen) atoms. The number of carbonyl (C=O) groups is 1. The van der Waals surface area contributed by atoms with E-state index in [4.69, 9.17) is 0 Å². The highest BCUT2D eigenvalue weighted by atomic mass is 19.1. The molecular formula is C12H13F2NO2. The fourth-order valence-electron chi connectivity index (χ4n) is 1.20. The molecule has 1 aromatic rings. The van der Waals surface area contributed by atoms with Crippen molar-refractivity contribution in [3.63, 3.8) is 0 Å². The van der Waals surface area contributed by atoms with Gasteiger partial charge in [0, 0.05) is 17.8 Å². The first-order valence-electron chi connectivity index (χ1n) is 5.10. The number of benzene rings is 1. The Morgan fingerprint density at radius 1 is 1.47 bits per heavy atom. The van der Waals surface area contributed by atoms with Crippen molar-refractivity contribution in [1.29, 1.82) is 0 Å². The molecule has 0 aliphatic carbocycles. The summed E-state index contributed by atoms with van der Waals surface area (Å²) in [6.45, 7) is 3.50. The summed E-state index contributed by atoms with van der Waals surface area (Å²) in [6.07, 6.45) is 1.17. The number of rotatable bonds is 4. The van der Waals surface area contributed by atoms with Crippen LogP contribution in [0.2, 0.25) is 0 Å². The fraction of sp³-hybridized carbons (Fsp3) is 0.250. The van der Waals surface area contributed by atoms with Crippen LogP contribution in [0, 0.1) is 11.6 Å². The van der Waals surface area contributed by atoms with E-state index >= 15 is 0 Å². The lowest BCUT2D eigenvalue weighted by Crippen LogP contribution is -2.05. The van der Waals surface area contributed by atoms with Crippen LogP contribution in [0.15, 0.2) is 30.0 Å². The predicted octanol–water partition coefficient (Wildman–Crippen LogP) is 2.84. The summed E-state index contributed by atoms with van der Waals surface area (Å²) in [6, 6.07) is 3.04. The second kappa shape index (κ2) is 5.98. The number of hydrogen-bond donors (Lipinski definition) is 1. The lowest BCUT2D eigenvalue weighted by molar-refractivity contribution is -0.137. The summed E-state index contributed by atoms with van der Waals surface area (Å²) in [5.41, 5.74) is 0.344. The normalized spacial score (nSPS) is 11.2. The van der Waals surface area contributed by atoms with Crippen LogP contribution in [0.5, 0.6) is 0 Å². The van der Waals surface area contributed by atoms with E-state index in [-0.39, 0.29) is 12.3 Å².